The molecule has 0 aromatic carbocycles. The molecule has 1 aromatic heterocycles. The van der Waals surface area contributed by atoms with E-state index in [2.05, 4.69) is 32.8 Å². The molecule has 3 aliphatic rings. The van der Waals surface area contributed by atoms with Crippen LogP contribution < -0.4 is 5.73 Å². The van der Waals surface area contributed by atoms with E-state index in [1.165, 1.54) is 0 Å². The molecule has 0 radical (unpaired) electrons. The smallest absolute Gasteiger partial charge is 0.128 e. The Morgan fingerprint density at radius 1 is 1.40 bits per heavy atom. The first-order valence-corrected chi connectivity index (χ1v) is 8.10. The van der Waals surface area contributed by atoms with Crippen LogP contribution in [-0.4, -0.2) is 48.8 Å². The van der Waals surface area contributed by atoms with Crippen molar-refractivity contribution in [3.63, 3.8) is 0 Å². The van der Waals surface area contributed by atoms with Gasteiger partial charge in [-0.25, -0.2) is 0 Å². The van der Waals surface area contributed by atoms with Crippen LogP contribution in [0.1, 0.15) is 5.56 Å². The summed E-state index contributed by atoms with van der Waals surface area (Å²) in [4.78, 5) is 11.4. The summed E-state index contributed by atoms with van der Waals surface area (Å²) in [5, 5.41) is 0. The minimum absolute atomic E-state index is 0.373. The highest BCUT2D eigenvalue weighted by Crippen LogP contribution is 2.38. The summed E-state index contributed by atoms with van der Waals surface area (Å²) in [7, 11) is 0. The van der Waals surface area contributed by atoms with E-state index in [0.29, 0.717) is 32.1 Å². The van der Waals surface area contributed by atoms with Crippen LogP contribution in [0.4, 0.5) is 0 Å². The standard InChI is InChI=1S/C19H18N4O2/c20-16-4-5-17-19(7-2-8-21-17)18(16)22-14-23(19)9-12-24-10-1-3-15-6-11-25-13-15/h2,4-8,11,13H,9-10,12,14,20H2. The van der Waals surface area contributed by atoms with Gasteiger partial charge in [0.15, 0.2) is 0 Å². The SMILES string of the molecule is NC1=CC=C2N=CC=CC23C1=NCN3CCOCC#Cc1ccoc1. The summed E-state index contributed by atoms with van der Waals surface area (Å²) in [5.41, 5.74) is 9.05. The topological polar surface area (TPSA) is 76.3 Å². The van der Waals surface area contributed by atoms with Crippen molar-refractivity contribution >= 4 is 11.9 Å². The number of hydrogen-bond donors (Lipinski definition) is 1. The van der Waals surface area contributed by atoms with Crippen LogP contribution in [0, 0.1) is 11.8 Å². The van der Waals surface area contributed by atoms with Gasteiger partial charge in [0.1, 0.15) is 18.4 Å². The lowest BCUT2D eigenvalue weighted by atomic mass is 9.82. The van der Waals surface area contributed by atoms with Crippen molar-refractivity contribution in [3.8, 4) is 11.8 Å². The van der Waals surface area contributed by atoms with Gasteiger partial charge in [-0.3, -0.25) is 14.9 Å². The first kappa shape index (κ1) is 15.6. The second-order valence-corrected chi connectivity index (χ2v) is 5.86. The maximum absolute atomic E-state index is 6.14. The zero-order valence-corrected chi connectivity index (χ0v) is 13.7. The first-order chi connectivity index (χ1) is 12.3. The third kappa shape index (κ3) is 2.74. The molecule has 1 aliphatic carbocycles. The Kier molecular flexibility index (Phi) is 4.10. The van der Waals surface area contributed by atoms with Crippen molar-refractivity contribution in [1.82, 2.24) is 4.90 Å². The molecule has 0 saturated heterocycles. The number of nitrogens with zero attached hydrogens (tertiary/aromatic N) is 3. The van der Waals surface area contributed by atoms with Gasteiger partial charge in [0.2, 0.25) is 0 Å². The van der Waals surface area contributed by atoms with Gasteiger partial charge in [0, 0.05) is 12.8 Å². The van der Waals surface area contributed by atoms with Gasteiger partial charge in [-0.15, -0.1) is 0 Å². The van der Waals surface area contributed by atoms with Crippen molar-refractivity contribution in [2.45, 2.75) is 5.54 Å². The van der Waals surface area contributed by atoms with Crippen molar-refractivity contribution < 1.29 is 9.15 Å². The molecule has 0 saturated carbocycles. The third-order valence-electron chi connectivity index (χ3n) is 4.41. The van der Waals surface area contributed by atoms with Crippen LogP contribution in [0.3, 0.4) is 0 Å². The van der Waals surface area contributed by atoms with Gasteiger partial charge in [0.05, 0.1) is 42.2 Å². The minimum Gasteiger partial charge on any atom is -0.471 e. The predicted molar refractivity (Wildman–Crippen MR) is 96.1 cm³/mol. The number of dihydropyridines is 1. The normalized spacial score (nSPS) is 23.9. The fraction of sp³-hybridized carbons (Fsp3) is 0.263. The Morgan fingerprint density at radius 2 is 2.36 bits per heavy atom. The Balaban J connectivity index is 1.38. The number of ether oxygens (including phenoxy) is 1. The molecule has 126 valence electrons. The molecule has 25 heavy (non-hydrogen) atoms. The number of nitrogens with two attached hydrogens (primary N) is 1. The first-order valence-electron chi connectivity index (χ1n) is 8.10. The summed E-state index contributed by atoms with van der Waals surface area (Å²) in [6.45, 7) is 2.22. The fourth-order valence-corrected chi connectivity index (χ4v) is 3.24. The molecular weight excluding hydrogens is 316 g/mol. The van der Waals surface area contributed by atoms with E-state index in [1.54, 1.807) is 18.7 Å². The van der Waals surface area contributed by atoms with Crippen LogP contribution in [0.15, 0.2) is 68.7 Å². The molecular formula is C19H18N4O2. The summed E-state index contributed by atoms with van der Waals surface area (Å²) in [5.74, 6) is 5.95. The Bertz CT molecular complexity index is 865. The van der Waals surface area contributed by atoms with Crippen LogP contribution in [0.5, 0.6) is 0 Å². The zero-order valence-electron chi connectivity index (χ0n) is 13.7. The Labute approximate surface area is 146 Å². The lowest BCUT2D eigenvalue weighted by molar-refractivity contribution is 0.117. The molecule has 4 rings (SSSR count). The molecule has 3 heterocycles. The van der Waals surface area contributed by atoms with Gasteiger partial charge >= 0.3 is 0 Å². The highest BCUT2D eigenvalue weighted by Gasteiger charge is 2.49. The molecule has 0 bridgehead atoms. The summed E-state index contributed by atoms with van der Waals surface area (Å²) in [6.07, 6.45) is 12.9. The van der Waals surface area contributed by atoms with Gasteiger partial charge in [0.25, 0.3) is 0 Å². The highest BCUT2D eigenvalue weighted by molar-refractivity contribution is 6.13. The lowest BCUT2D eigenvalue weighted by Gasteiger charge is -2.39. The summed E-state index contributed by atoms with van der Waals surface area (Å²) < 4.78 is 10.6. The third-order valence-corrected chi connectivity index (χ3v) is 4.41. The monoisotopic (exact) mass is 334 g/mol. The maximum atomic E-state index is 6.14. The molecule has 1 atom stereocenters. The van der Waals surface area contributed by atoms with E-state index < -0.39 is 5.54 Å². The second-order valence-electron chi connectivity index (χ2n) is 5.86. The van der Waals surface area contributed by atoms with E-state index in [9.17, 15) is 0 Å². The highest BCUT2D eigenvalue weighted by atomic mass is 16.5. The molecule has 0 amide bonds. The zero-order chi connectivity index (χ0) is 17.1. The average Bonchev–Trinajstić information content (AvgIpc) is 3.26. The van der Waals surface area contributed by atoms with Crippen LogP contribution >= 0.6 is 0 Å². The van der Waals surface area contributed by atoms with Crippen LogP contribution in [0.25, 0.3) is 0 Å². The molecule has 6 heteroatoms. The van der Waals surface area contributed by atoms with Crippen molar-refractivity contribution in [2.24, 2.45) is 15.7 Å². The molecule has 0 fully saturated rings. The van der Waals surface area contributed by atoms with E-state index >= 15 is 0 Å². The van der Waals surface area contributed by atoms with Crippen molar-refractivity contribution in [3.05, 3.63) is 59.9 Å². The van der Waals surface area contributed by atoms with Gasteiger partial charge in [-0.05, 0) is 24.3 Å². The van der Waals surface area contributed by atoms with Gasteiger partial charge in [-0.1, -0.05) is 17.9 Å². The molecule has 1 aromatic rings. The molecule has 2 aliphatic heterocycles. The number of rotatable bonds is 4. The number of furan rings is 1. The largest absolute Gasteiger partial charge is 0.471 e. The van der Waals surface area contributed by atoms with E-state index in [0.717, 1.165) is 17.0 Å². The number of allylic oxidation sites excluding steroid dienone is 3. The molecule has 1 spiro atoms. The van der Waals surface area contributed by atoms with Crippen molar-refractivity contribution in [1.29, 1.82) is 0 Å². The molecule has 6 nitrogen and oxygen atoms in total. The number of aliphatic imine (C=N–C) groups is 2. The maximum Gasteiger partial charge on any atom is 0.128 e. The lowest BCUT2D eigenvalue weighted by Crippen LogP contribution is -2.54. The average molecular weight is 334 g/mol. The van der Waals surface area contributed by atoms with Crippen LogP contribution in [0.2, 0.25) is 0 Å². The number of hydrogen-bond acceptors (Lipinski definition) is 6. The van der Waals surface area contributed by atoms with Gasteiger partial charge < -0.3 is 14.9 Å². The summed E-state index contributed by atoms with van der Waals surface area (Å²) in [6, 6.07) is 1.82. The Morgan fingerprint density at radius 3 is 3.24 bits per heavy atom. The van der Waals surface area contributed by atoms with E-state index in [4.69, 9.17) is 14.9 Å². The molecule has 1 unspecified atom stereocenters. The fourth-order valence-electron chi connectivity index (χ4n) is 3.24. The minimum atomic E-state index is -0.459. The van der Waals surface area contributed by atoms with E-state index in [1.807, 2.05) is 24.3 Å². The predicted octanol–water partition coefficient (Wildman–Crippen LogP) is 1.48. The molecule has 2 N–H and O–H groups in total. The van der Waals surface area contributed by atoms with Crippen molar-refractivity contribution in [2.75, 3.05) is 26.4 Å². The second kappa shape index (κ2) is 6.55. The summed E-state index contributed by atoms with van der Waals surface area (Å²) >= 11 is 0. The Hall–Kier alpha value is -2.88. The van der Waals surface area contributed by atoms with E-state index in [-0.39, 0.29) is 0 Å². The quantitative estimate of drug-likeness (QED) is 0.668. The van der Waals surface area contributed by atoms with Crippen LogP contribution in [-0.2, 0) is 4.74 Å². The van der Waals surface area contributed by atoms with Gasteiger partial charge in [-0.2, -0.15) is 0 Å².